The lowest BCUT2D eigenvalue weighted by Crippen LogP contribution is -2.41. The fraction of sp³-hybridized carbons (Fsp3) is 0.385. The number of rotatable bonds is 5. The Balaban J connectivity index is 2.72. The molecule has 0 saturated carbocycles. The molecular formula is C13H17NO3S. The molecule has 0 radical (unpaired) electrons. The van der Waals surface area contributed by atoms with Crippen molar-refractivity contribution in [2.45, 2.75) is 31.6 Å². The number of carbonyl (C=O) groups excluding carboxylic acids is 1. The highest BCUT2D eigenvalue weighted by Gasteiger charge is 2.18. The molecule has 0 aromatic heterocycles. The van der Waals surface area contributed by atoms with E-state index in [4.69, 9.17) is 9.22 Å². The summed E-state index contributed by atoms with van der Waals surface area (Å²) < 4.78 is 20.8. The summed E-state index contributed by atoms with van der Waals surface area (Å²) in [5.74, 6) is -2.46. The highest BCUT2D eigenvalue weighted by molar-refractivity contribution is 7.99. The summed E-state index contributed by atoms with van der Waals surface area (Å²) in [6.07, 6.45) is 0. The van der Waals surface area contributed by atoms with Gasteiger partial charge in [0, 0.05) is 21.6 Å². The van der Waals surface area contributed by atoms with E-state index >= 15 is 0 Å². The number of carboxylic acids is 1. The Morgan fingerprint density at radius 3 is 2.78 bits per heavy atom. The molecule has 1 amide bonds. The largest absolute Gasteiger partial charge is 0.480 e. The SMILES string of the molecule is [2H]C([2H])([2H])C(=O)N[C@@H](CSc1ccc(C)cc1C)C(=O)O. The molecule has 1 aromatic carbocycles. The van der Waals surface area contributed by atoms with E-state index in [-0.39, 0.29) is 5.75 Å². The van der Waals surface area contributed by atoms with Gasteiger partial charge in [-0.15, -0.1) is 11.8 Å². The molecular weight excluding hydrogens is 250 g/mol. The first-order valence-electron chi connectivity index (χ1n) is 6.85. The third-order valence-electron chi connectivity index (χ3n) is 2.34. The molecule has 0 fully saturated rings. The first kappa shape index (κ1) is 10.4. The second-order valence-corrected chi connectivity index (χ2v) is 5.01. The highest BCUT2D eigenvalue weighted by atomic mass is 32.2. The van der Waals surface area contributed by atoms with Gasteiger partial charge >= 0.3 is 5.97 Å². The number of hydrogen-bond acceptors (Lipinski definition) is 3. The fourth-order valence-electron chi connectivity index (χ4n) is 1.47. The number of amides is 1. The van der Waals surface area contributed by atoms with Crippen LogP contribution in [0.1, 0.15) is 22.1 Å². The first-order chi connectivity index (χ1) is 9.61. The summed E-state index contributed by atoms with van der Waals surface area (Å²) in [6.45, 7) is 1.02. The molecule has 2 N–H and O–H groups in total. The molecule has 0 aliphatic heterocycles. The van der Waals surface area contributed by atoms with Crippen molar-refractivity contribution < 1.29 is 18.8 Å². The molecule has 0 aliphatic carbocycles. The third kappa shape index (κ3) is 4.41. The Morgan fingerprint density at radius 1 is 1.50 bits per heavy atom. The summed E-state index contributed by atoms with van der Waals surface area (Å²) in [6, 6.07) is 4.51. The second kappa shape index (κ2) is 6.44. The van der Waals surface area contributed by atoms with Gasteiger partial charge in [-0.25, -0.2) is 4.79 Å². The molecule has 4 nitrogen and oxygen atoms in total. The Labute approximate surface area is 115 Å². The maximum atomic E-state index is 11.4. The van der Waals surface area contributed by atoms with Gasteiger partial charge < -0.3 is 10.4 Å². The lowest BCUT2D eigenvalue weighted by Gasteiger charge is -2.13. The van der Waals surface area contributed by atoms with Crippen LogP contribution in [0, 0.1) is 13.8 Å². The minimum absolute atomic E-state index is 0.0566. The van der Waals surface area contributed by atoms with Gasteiger partial charge in [-0.3, -0.25) is 4.79 Å². The number of thioether (sulfide) groups is 1. The summed E-state index contributed by atoms with van der Waals surface area (Å²) >= 11 is 1.27. The zero-order valence-electron chi connectivity index (χ0n) is 13.2. The molecule has 0 heterocycles. The van der Waals surface area contributed by atoms with Gasteiger partial charge in [-0.1, -0.05) is 17.7 Å². The number of hydrogen-bond donors (Lipinski definition) is 2. The molecule has 0 aliphatic rings. The fourth-order valence-corrected chi connectivity index (χ4v) is 2.49. The predicted octanol–water partition coefficient (Wildman–Crippen LogP) is 1.98. The smallest absolute Gasteiger partial charge is 0.327 e. The zero-order chi connectivity index (χ0) is 16.2. The Bertz CT molecular complexity index is 546. The van der Waals surface area contributed by atoms with Crippen LogP contribution >= 0.6 is 11.8 Å². The van der Waals surface area contributed by atoms with Gasteiger partial charge in [0.1, 0.15) is 6.04 Å². The summed E-state index contributed by atoms with van der Waals surface area (Å²) in [5, 5.41) is 11.1. The van der Waals surface area contributed by atoms with E-state index in [0.29, 0.717) is 0 Å². The molecule has 1 aromatic rings. The van der Waals surface area contributed by atoms with Gasteiger partial charge in [0.25, 0.3) is 0 Å². The molecule has 98 valence electrons. The van der Waals surface area contributed by atoms with Crippen LogP contribution in [0.4, 0.5) is 0 Å². The molecule has 0 spiro atoms. The molecule has 18 heavy (non-hydrogen) atoms. The van der Waals surface area contributed by atoms with Gasteiger partial charge in [0.2, 0.25) is 5.91 Å². The Kier molecular flexibility index (Phi) is 3.74. The average Bonchev–Trinajstić information content (AvgIpc) is 2.34. The van der Waals surface area contributed by atoms with Crippen LogP contribution in [0.3, 0.4) is 0 Å². The normalized spacial score (nSPS) is 15.1. The minimum atomic E-state index is -2.85. The van der Waals surface area contributed by atoms with Crippen molar-refractivity contribution in [1.29, 1.82) is 0 Å². The predicted molar refractivity (Wildman–Crippen MR) is 71.9 cm³/mol. The van der Waals surface area contributed by atoms with Crippen LogP contribution in [0.2, 0.25) is 0 Å². The first-order valence-corrected chi connectivity index (χ1v) is 6.33. The van der Waals surface area contributed by atoms with Crippen LogP contribution in [0.25, 0.3) is 0 Å². The maximum absolute atomic E-state index is 11.4. The number of aryl methyl sites for hydroxylation is 2. The van der Waals surface area contributed by atoms with E-state index in [1.807, 2.05) is 37.4 Å². The third-order valence-corrected chi connectivity index (χ3v) is 3.61. The number of benzene rings is 1. The minimum Gasteiger partial charge on any atom is -0.480 e. The quantitative estimate of drug-likeness (QED) is 0.803. The van der Waals surface area contributed by atoms with Gasteiger partial charge in [-0.05, 0) is 25.5 Å². The standard InChI is InChI=1S/C13H17NO3S/c1-8-4-5-12(9(2)6-8)18-7-11(13(16)17)14-10(3)15/h4-6,11H,7H2,1-3H3,(H,14,15)(H,16,17)/t11-/m0/s1/i3D3. The molecule has 1 rings (SSSR count). The lowest BCUT2D eigenvalue weighted by atomic mass is 10.2. The Morgan fingerprint density at radius 2 is 2.22 bits per heavy atom. The van der Waals surface area contributed by atoms with E-state index in [9.17, 15) is 9.59 Å². The molecule has 1 atom stereocenters. The molecule has 0 bridgehead atoms. The van der Waals surface area contributed by atoms with Crippen molar-refractivity contribution in [3.05, 3.63) is 29.3 Å². The van der Waals surface area contributed by atoms with Crippen molar-refractivity contribution in [2.24, 2.45) is 0 Å². The zero-order valence-corrected chi connectivity index (χ0v) is 11.0. The molecule has 0 unspecified atom stereocenters. The van der Waals surface area contributed by atoms with Crippen LogP contribution in [0.5, 0.6) is 0 Å². The summed E-state index contributed by atoms with van der Waals surface area (Å²) in [4.78, 5) is 23.4. The molecule has 5 heteroatoms. The number of nitrogens with one attached hydrogen (secondary N) is 1. The monoisotopic (exact) mass is 270 g/mol. The molecule has 0 saturated heterocycles. The second-order valence-electron chi connectivity index (χ2n) is 3.94. The average molecular weight is 270 g/mol. The van der Waals surface area contributed by atoms with E-state index in [1.54, 1.807) is 0 Å². The summed E-state index contributed by atoms with van der Waals surface area (Å²) in [7, 11) is 0. The van der Waals surface area contributed by atoms with Gasteiger partial charge in [-0.2, -0.15) is 0 Å². The van der Waals surface area contributed by atoms with Crippen molar-refractivity contribution in [3.8, 4) is 0 Å². The van der Waals surface area contributed by atoms with Crippen molar-refractivity contribution in [1.82, 2.24) is 5.32 Å². The summed E-state index contributed by atoms with van der Waals surface area (Å²) in [5.41, 5.74) is 2.11. The number of carbonyl (C=O) groups is 2. The van der Waals surface area contributed by atoms with E-state index < -0.39 is 24.8 Å². The van der Waals surface area contributed by atoms with Crippen LogP contribution in [-0.4, -0.2) is 28.8 Å². The van der Waals surface area contributed by atoms with Crippen molar-refractivity contribution in [3.63, 3.8) is 0 Å². The van der Waals surface area contributed by atoms with E-state index in [1.165, 1.54) is 11.8 Å². The highest BCUT2D eigenvalue weighted by Crippen LogP contribution is 2.23. The Hall–Kier alpha value is -1.49. The topological polar surface area (TPSA) is 66.4 Å². The van der Waals surface area contributed by atoms with Crippen molar-refractivity contribution >= 4 is 23.6 Å². The number of carboxylic acid groups (broad SMARTS) is 1. The number of aliphatic carboxylic acids is 1. The van der Waals surface area contributed by atoms with Crippen LogP contribution in [-0.2, 0) is 9.59 Å². The maximum Gasteiger partial charge on any atom is 0.327 e. The van der Waals surface area contributed by atoms with Gasteiger partial charge in [0.15, 0.2) is 0 Å². The van der Waals surface area contributed by atoms with Crippen molar-refractivity contribution in [2.75, 3.05) is 5.75 Å². The van der Waals surface area contributed by atoms with E-state index in [2.05, 4.69) is 0 Å². The van der Waals surface area contributed by atoms with E-state index in [0.717, 1.165) is 16.0 Å². The van der Waals surface area contributed by atoms with Crippen LogP contribution < -0.4 is 5.32 Å². The van der Waals surface area contributed by atoms with Crippen LogP contribution in [0.15, 0.2) is 23.1 Å². The van der Waals surface area contributed by atoms with Gasteiger partial charge in [0.05, 0.1) is 0 Å². The lowest BCUT2D eigenvalue weighted by molar-refractivity contribution is -0.140.